The maximum absolute atomic E-state index is 10.9. The van der Waals surface area contributed by atoms with Crippen LogP contribution in [0.15, 0.2) is 42.5 Å². The van der Waals surface area contributed by atoms with E-state index in [2.05, 4.69) is 15.3 Å². The van der Waals surface area contributed by atoms with Gasteiger partial charge in [-0.25, -0.2) is 9.78 Å². The van der Waals surface area contributed by atoms with Crippen LogP contribution in [0.4, 0.5) is 17.3 Å². The van der Waals surface area contributed by atoms with Crippen LogP contribution in [0, 0.1) is 10.1 Å². The molecule has 0 saturated carbocycles. The van der Waals surface area contributed by atoms with Crippen LogP contribution < -0.4 is 5.32 Å². The summed E-state index contributed by atoms with van der Waals surface area (Å²) in [6.45, 7) is 0. The average Bonchev–Trinajstić information content (AvgIpc) is 2.88. The fraction of sp³-hybridized carbons (Fsp3) is 0. The zero-order valence-electron chi connectivity index (χ0n) is 11.1. The van der Waals surface area contributed by atoms with Crippen molar-refractivity contribution in [2.45, 2.75) is 0 Å². The van der Waals surface area contributed by atoms with Gasteiger partial charge >= 0.3 is 5.97 Å². The van der Waals surface area contributed by atoms with E-state index in [4.69, 9.17) is 5.11 Å². The van der Waals surface area contributed by atoms with Gasteiger partial charge in [-0.3, -0.25) is 10.1 Å². The molecule has 3 aromatic rings. The van der Waals surface area contributed by atoms with E-state index in [1.54, 1.807) is 18.2 Å². The summed E-state index contributed by atoms with van der Waals surface area (Å²) in [5.41, 5.74) is 1.78. The molecule has 0 aliphatic rings. The number of nitrogens with zero attached hydrogens (tertiary/aromatic N) is 2. The van der Waals surface area contributed by atoms with Crippen LogP contribution in [0.5, 0.6) is 0 Å². The van der Waals surface area contributed by atoms with Gasteiger partial charge < -0.3 is 15.4 Å². The summed E-state index contributed by atoms with van der Waals surface area (Å²) < 4.78 is 0. The van der Waals surface area contributed by atoms with Crippen LogP contribution in [-0.4, -0.2) is 26.0 Å². The SMILES string of the molecule is O=C(O)c1ccc2nc(Nc3cccc([N+](=O)[O-])c3)[nH]c2c1. The molecule has 0 fully saturated rings. The van der Waals surface area contributed by atoms with Crippen LogP contribution in [-0.2, 0) is 0 Å². The number of non-ortho nitro benzene ring substituents is 1. The third-order valence-electron chi connectivity index (χ3n) is 3.05. The number of carbonyl (C=O) groups is 1. The van der Waals surface area contributed by atoms with E-state index >= 15 is 0 Å². The van der Waals surface area contributed by atoms with E-state index < -0.39 is 10.9 Å². The summed E-state index contributed by atoms with van der Waals surface area (Å²) in [6, 6.07) is 10.5. The molecule has 110 valence electrons. The number of aromatic carboxylic acids is 1. The number of nitro benzene ring substituents is 1. The molecule has 0 atom stereocenters. The highest BCUT2D eigenvalue weighted by molar-refractivity contribution is 5.92. The predicted octanol–water partition coefficient (Wildman–Crippen LogP) is 2.91. The summed E-state index contributed by atoms with van der Waals surface area (Å²) in [4.78, 5) is 28.4. The molecule has 0 bridgehead atoms. The summed E-state index contributed by atoms with van der Waals surface area (Å²) >= 11 is 0. The highest BCUT2D eigenvalue weighted by Gasteiger charge is 2.09. The number of benzene rings is 2. The molecule has 2 aromatic carbocycles. The van der Waals surface area contributed by atoms with E-state index in [0.717, 1.165) is 0 Å². The van der Waals surface area contributed by atoms with Crippen molar-refractivity contribution in [2.75, 3.05) is 5.32 Å². The smallest absolute Gasteiger partial charge is 0.335 e. The minimum absolute atomic E-state index is 0.0331. The minimum atomic E-state index is -1.02. The second kappa shape index (κ2) is 5.17. The molecule has 0 aliphatic heterocycles. The molecule has 1 heterocycles. The Bertz CT molecular complexity index is 887. The number of rotatable bonds is 4. The van der Waals surface area contributed by atoms with E-state index in [1.807, 2.05) is 0 Å². The molecule has 0 spiro atoms. The first-order valence-corrected chi connectivity index (χ1v) is 6.27. The monoisotopic (exact) mass is 298 g/mol. The van der Waals surface area contributed by atoms with Gasteiger partial charge in [-0.1, -0.05) is 6.07 Å². The van der Waals surface area contributed by atoms with Gasteiger partial charge in [0, 0.05) is 17.8 Å². The fourth-order valence-corrected chi connectivity index (χ4v) is 2.04. The van der Waals surface area contributed by atoms with Crippen molar-refractivity contribution in [3.05, 3.63) is 58.1 Å². The third-order valence-corrected chi connectivity index (χ3v) is 3.05. The fourth-order valence-electron chi connectivity index (χ4n) is 2.04. The predicted molar refractivity (Wildman–Crippen MR) is 79.4 cm³/mol. The van der Waals surface area contributed by atoms with Crippen LogP contribution >= 0.6 is 0 Å². The number of fused-ring (bicyclic) bond motifs is 1. The van der Waals surface area contributed by atoms with Crippen molar-refractivity contribution in [1.82, 2.24) is 9.97 Å². The largest absolute Gasteiger partial charge is 0.478 e. The van der Waals surface area contributed by atoms with Crippen molar-refractivity contribution in [2.24, 2.45) is 0 Å². The maximum atomic E-state index is 10.9. The number of carboxylic acids is 1. The zero-order chi connectivity index (χ0) is 15.7. The van der Waals surface area contributed by atoms with Crippen molar-refractivity contribution < 1.29 is 14.8 Å². The lowest BCUT2D eigenvalue weighted by Gasteiger charge is -2.01. The van der Waals surface area contributed by atoms with Gasteiger partial charge in [0.05, 0.1) is 21.5 Å². The lowest BCUT2D eigenvalue weighted by atomic mass is 10.2. The molecule has 3 rings (SSSR count). The van der Waals surface area contributed by atoms with Gasteiger partial charge in [-0.05, 0) is 24.3 Å². The first kappa shape index (κ1) is 13.6. The Morgan fingerprint density at radius 2 is 2.09 bits per heavy atom. The normalized spacial score (nSPS) is 10.5. The van der Waals surface area contributed by atoms with Crippen molar-refractivity contribution in [1.29, 1.82) is 0 Å². The molecule has 0 unspecified atom stereocenters. The van der Waals surface area contributed by atoms with Crippen LogP contribution in [0.25, 0.3) is 11.0 Å². The Labute approximate surface area is 123 Å². The number of aromatic nitrogens is 2. The lowest BCUT2D eigenvalue weighted by Crippen LogP contribution is -1.95. The molecule has 8 heteroatoms. The molecule has 22 heavy (non-hydrogen) atoms. The van der Waals surface area contributed by atoms with Crippen molar-refractivity contribution in [3.8, 4) is 0 Å². The summed E-state index contributed by atoms with van der Waals surface area (Å²) in [5.74, 6) is -0.650. The molecular weight excluding hydrogens is 288 g/mol. The second-order valence-corrected chi connectivity index (χ2v) is 4.55. The Kier molecular flexibility index (Phi) is 3.18. The first-order chi connectivity index (χ1) is 10.5. The van der Waals surface area contributed by atoms with Crippen molar-refractivity contribution in [3.63, 3.8) is 0 Å². The summed E-state index contributed by atoms with van der Waals surface area (Å²) in [7, 11) is 0. The standard InChI is InChI=1S/C14H10N4O4/c19-13(20)8-4-5-11-12(6-8)17-14(16-11)15-9-2-1-3-10(7-9)18(21)22/h1-7H,(H,19,20)(H2,15,16,17). The highest BCUT2D eigenvalue weighted by Crippen LogP contribution is 2.22. The van der Waals surface area contributed by atoms with E-state index in [9.17, 15) is 14.9 Å². The number of carboxylic acid groups (broad SMARTS) is 1. The number of anilines is 2. The topological polar surface area (TPSA) is 121 Å². The zero-order valence-corrected chi connectivity index (χ0v) is 11.1. The Balaban J connectivity index is 1.92. The lowest BCUT2D eigenvalue weighted by molar-refractivity contribution is -0.384. The number of hydrogen-bond donors (Lipinski definition) is 3. The number of nitro groups is 1. The first-order valence-electron chi connectivity index (χ1n) is 6.27. The Morgan fingerprint density at radius 1 is 1.27 bits per heavy atom. The van der Waals surface area contributed by atoms with E-state index in [1.165, 1.54) is 24.3 Å². The number of aromatic amines is 1. The van der Waals surface area contributed by atoms with Crippen LogP contribution in [0.1, 0.15) is 10.4 Å². The van der Waals surface area contributed by atoms with Gasteiger partial charge in [0.1, 0.15) is 0 Å². The van der Waals surface area contributed by atoms with Gasteiger partial charge in [0.2, 0.25) is 5.95 Å². The molecule has 0 aliphatic carbocycles. The Hall–Kier alpha value is -3.42. The Morgan fingerprint density at radius 3 is 2.82 bits per heavy atom. The number of H-pyrrole nitrogens is 1. The van der Waals surface area contributed by atoms with E-state index in [-0.39, 0.29) is 11.3 Å². The van der Waals surface area contributed by atoms with Crippen LogP contribution in [0.2, 0.25) is 0 Å². The number of imidazole rings is 1. The molecule has 8 nitrogen and oxygen atoms in total. The average molecular weight is 298 g/mol. The second-order valence-electron chi connectivity index (χ2n) is 4.55. The molecule has 0 radical (unpaired) electrons. The molecule has 3 N–H and O–H groups in total. The molecule has 0 amide bonds. The molecule has 0 saturated heterocycles. The van der Waals surface area contributed by atoms with Gasteiger partial charge in [0.15, 0.2) is 0 Å². The summed E-state index contributed by atoms with van der Waals surface area (Å²) in [5, 5.41) is 22.6. The third kappa shape index (κ3) is 2.57. The number of nitrogens with one attached hydrogen (secondary N) is 2. The van der Waals surface area contributed by atoms with Crippen LogP contribution in [0.3, 0.4) is 0 Å². The summed E-state index contributed by atoms with van der Waals surface area (Å²) in [6.07, 6.45) is 0. The van der Waals surface area contributed by atoms with Crippen molar-refractivity contribution >= 4 is 34.3 Å². The quantitative estimate of drug-likeness (QED) is 0.503. The highest BCUT2D eigenvalue weighted by atomic mass is 16.6. The molecular formula is C14H10N4O4. The van der Waals surface area contributed by atoms with E-state index in [0.29, 0.717) is 22.7 Å². The van der Waals surface area contributed by atoms with Gasteiger partial charge in [0.25, 0.3) is 5.69 Å². The maximum Gasteiger partial charge on any atom is 0.335 e. The molecule has 1 aromatic heterocycles. The van der Waals surface area contributed by atoms with Gasteiger partial charge in [-0.15, -0.1) is 0 Å². The number of hydrogen-bond acceptors (Lipinski definition) is 5. The minimum Gasteiger partial charge on any atom is -0.478 e. The van der Waals surface area contributed by atoms with Gasteiger partial charge in [-0.2, -0.15) is 0 Å².